The van der Waals surface area contributed by atoms with Gasteiger partial charge in [0.05, 0.1) is 7.11 Å². The highest BCUT2D eigenvalue weighted by molar-refractivity contribution is 5.98. The number of ketones is 1. The van der Waals surface area contributed by atoms with Crippen LogP contribution in [-0.2, 0) is 0 Å². The minimum absolute atomic E-state index is 0.181. The average molecular weight is 301 g/mol. The van der Waals surface area contributed by atoms with Gasteiger partial charge in [-0.15, -0.1) is 0 Å². The van der Waals surface area contributed by atoms with Crippen molar-refractivity contribution in [2.75, 3.05) is 20.2 Å². The fourth-order valence-electron chi connectivity index (χ4n) is 4.07. The molecule has 1 saturated carbocycles. The predicted octanol–water partition coefficient (Wildman–Crippen LogP) is 3.92. The fraction of sp³-hybridized carbons (Fsp3) is 0.632. The number of benzene rings is 1. The van der Waals surface area contributed by atoms with Crippen molar-refractivity contribution in [1.29, 1.82) is 0 Å². The lowest BCUT2D eigenvalue weighted by Gasteiger charge is -2.41. The summed E-state index contributed by atoms with van der Waals surface area (Å²) in [5.41, 5.74) is 0.842. The van der Waals surface area contributed by atoms with Crippen LogP contribution >= 0.6 is 0 Å². The van der Waals surface area contributed by atoms with E-state index in [-0.39, 0.29) is 5.92 Å². The van der Waals surface area contributed by atoms with Gasteiger partial charge in [0.2, 0.25) is 0 Å². The van der Waals surface area contributed by atoms with Crippen molar-refractivity contribution in [1.82, 2.24) is 4.90 Å². The Morgan fingerprint density at radius 1 is 1.00 bits per heavy atom. The molecule has 3 rings (SSSR count). The second-order valence-electron chi connectivity index (χ2n) is 6.65. The van der Waals surface area contributed by atoms with Crippen LogP contribution < -0.4 is 4.74 Å². The Morgan fingerprint density at radius 2 is 1.68 bits per heavy atom. The maximum absolute atomic E-state index is 13.0. The number of piperidine rings is 1. The molecule has 22 heavy (non-hydrogen) atoms. The van der Waals surface area contributed by atoms with Gasteiger partial charge < -0.3 is 4.74 Å². The summed E-state index contributed by atoms with van der Waals surface area (Å²) >= 11 is 0. The monoisotopic (exact) mass is 301 g/mol. The first-order valence-electron chi connectivity index (χ1n) is 8.72. The molecule has 1 aromatic rings. The van der Waals surface area contributed by atoms with E-state index in [1.165, 1.54) is 51.6 Å². The number of hydrogen-bond donors (Lipinski definition) is 0. The minimum Gasteiger partial charge on any atom is -0.497 e. The molecular weight excluding hydrogens is 274 g/mol. The van der Waals surface area contributed by atoms with Gasteiger partial charge >= 0.3 is 0 Å². The lowest BCUT2D eigenvalue weighted by molar-refractivity contribution is 0.0609. The number of Topliss-reactive ketones (excluding diaryl/α,β-unsaturated/α-hetero) is 1. The fourth-order valence-corrected chi connectivity index (χ4v) is 4.07. The minimum atomic E-state index is 0.181. The molecule has 1 aliphatic carbocycles. The molecule has 1 aromatic carbocycles. The number of methoxy groups -OCH3 is 1. The van der Waals surface area contributed by atoms with Gasteiger partial charge in [-0.25, -0.2) is 0 Å². The molecule has 0 aromatic heterocycles. The van der Waals surface area contributed by atoms with Crippen LogP contribution in [0.4, 0.5) is 0 Å². The Labute approximate surface area is 133 Å². The van der Waals surface area contributed by atoms with Gasteiger partial charge in [-0.2, -0.15) is 0 Å². The summed E-state index contributed by atoms with van der Waals surface area (Å²) in [4.78, 5) is 15.6. The van der Waals surface area contributed by atoms with E-state index in [0.29, 0.717) is 11.8 Å². The Balaban J connectivity index is 1.75. The first-order chi connectivity index (χ1) is 10.8. The molecule has 0 bridgehead atoms. The number of rotatable bonds is 4. The molecule has 3 nitrogen and oxygen atoms in total. The highest BCUT2D eigenvalue weighted by Gasteiger charge is 2.35. The zero-order chi connectivity index (χ0) is 15.4. The normalized spacial score (nSPS) is 26.6. The molecule has 1 aliphatic heterocycles. The van der Waals surface area contributed by atoms with Crippen molar-refractivity contribution in [3.05, 3.63) is 29.8 Å². The number of likely N-dealkylation sites (tertiary alicyclic amines) is 1. The zero-order valence-corrected chi connectivity index (χ0v) is 13.6. The SMILES string of the molecule is COc1ccc(C(=O)[C@@H]2CCCC[C@@H]2N2CCCCC2)cc1. The molecule has 0 spiro atoms. The largest absolute Gasteiger partial charge is 0.497 e. The molecule has 2 fully saturated rings. The summed E-state index contributed by atoms with van der Waals surface area (Å²) in [5, 5.41) is 0. The van der Waals surface area contributed by atoms with Crippen LogP contribution in [0.3, 0.4) is 0 Å². The number of carbonyl (C=O) groups excluding carboxylic acids is 1. The topological polar surface area (TPSA) is 29.5 Å². The maximum Gasteiger partial charge on any atom is 0.167 e. The molecule has 1 saturated heterocycles. The summed E-state index contributed by atoms with van der Waals surface area (Å²) < 4.78 is 5.19. The molecule has 0 unspecified atom stereocenters. The van der Waals surface area contributed by atoms with E-state index in [0.717, 1.165) is 17.7 Å². The maximum atomic E-state index is 13.0. The van der Waals surface area contributed by atoms with Crippen molar-refractivity contribution >= 4 is 5.78 Å². The number of nitrogens with zero attached hydrogens (tertiary/aromatic N) is 1. The van der Waals surface area contributed by atoms with Gasteiger partial charge in [0.15, 0.2) is 5.78 Å². The number of hydrogen-bond acceptors (Lipinski definition) is 3. The smallest absolute Gasteiger partial charge is 0.167 e. The molecule has 3 heteroatoms. The van der Waals surface area contributed by atoms with Crippen LogP contribution in [0.2, 0.25) is 0 Å². The van der Waals surface area contributed by atoms with Gasteiger partial charge in [0, 0.05) is 17.5 Å². The van der Waals surface area contributed by atoms with Crippen LogP contribution in [0.15, 0.2) is 24.3 Å². The third-order valence-corrected chi connectivity index (χ3v) is 5.30. The molecule has 1 heterocycles. The third-order valence-electron chi connectivity index (χ3n) is 5.30. The van der Waals surface area contributed by atoms with E-state index in [1.807, 2.05) is 24.3 Å². The van der Waals surface area contributed by atoms with Crippen LogP contribution in [0.1, 0.15) is 55.3 Å². The van der Waals surface area contributed by atoms with Crippen LogP contribution in [0, 0.1) is 5.92 Å². The van der Waals surface area contributed by atoms with Crippen molar-refractivity contribution in [3.8, 4) is 5.75 Å². The summed E-state index contributed by atoms with van der Waals surface area (Å²) in [6, 6.07) is 8.09. The van der Waals surface area contributed by atoms with Crippen LogP contribution in [-0.4, -0.2) is 36.9 Å². The second kappa shape index (κ2) is 7.28. The van der Waals surface area contributed by atoms with Gasteiger partial charge in [0.25, 0.3) is 0 Å². The average Bonchev–Trinajstić information content (AvgIpc) is 2.62. The number of carbonyl (C=O) groups is 1. The quantitative estimate of drug-likeness (QED) is 0.789. The first kappa shape index (κ1) is 15.5. The van der Waals surface area contributed by atoms with E-state index >= 15 is 0 Å². The summed E-state index contributed by atoms with van der Waals surface area (Å²) in [6.07, 6.45) is 8.63. The Kier molecular flexibility index (Phi) is 5.14. The van der Waals surface area contributed by atoms with Crippen molar-refractivity contribution in [2.24, 2.45) is 5.92 Å². The van der Waals surface area contributed by atoms with Crippen molar-refractivity contribution in [2.45, 2.75) is 51.0 Å². The molecule has 0 amide bonds. The van der Waals surface area contributed by atoms with E-state index < -0.39 is 0 Å². The molecule has 2 atom stereocenters. The molecule has 120 valence electrons. The second-order valence-corrected chi connectivity index (χ2v) is 6.65. The molecular formula is C19H27NO2. The lowest BCUT2D eigenvalue weighted by Crippen LogP contribution is -2.47. The highest BCUT2D eigenvalue weighted by atomic mass is 16.5. The highest BCUT2D eigenvalue weighted by Crippen LogP contribution is 2.33. The van der Waals surface area contributed by atoms with Gasteiger partial charge in [-0.3, -0.25) is 9.69 Å². The molecule has 0 radical (unpaired) electrons. The summed E-state index contributed by atoms with van der Waals surface area (Å²) in [6.45, 7) is 2.36. The molecule has 0 N–H and O–H groups in total. The zero-order valence-electron chi connectivity index (χ0n) is 13.6. The first-order valence-corrected chi connectivity index (χ1v) is 8.72. The Morgan fingerprint density at radius 3 is 2.36 bits per heavy atom. The van der Waals surface area contributed by atoms with E-state index in [2.05, 4.69) is 4.90 Å². The van der Waals surface area contributed by atoms with Crippen LogP contribution in [0.25, 0.3) is 0 Å². The Bertz CT molecular complexity index is 491. The number of ether oxygens (including phenoxy) is 1. The van der Waals surface area contributed by atoms with Gasteiger partial charge in [-0.05, 0) is 63.0 Å². The summed E-state index contributed by atoms with van der Waals surface area (Å²) in [5.74, 6) is 1.32. The van der Waals surface area contributed by atoms with Crippen molar-refractivity contribution < 1.29 is 9.53 Å². The lowest BCUT2D eigenvalue weighted by atomic mass is 9.78. The van der Waals surface area contributed by atoms with E-state index in [4.69, 9.17) is 4.74 Å². The standard InChI is InChI=1S/C19H27NO2/c1-22-16-11-9-15(10-12-16)19(21)17-7-3-4-8-18(17)20-13-5-2-6-14-20/h9-12,17-18H,2-8,13-14H2,1H3/t17-,18+/m1/s1. The predicted molar refractivity (Wildman–Crippen MR) is 88.5 cm³/mol. The van der Waals surface area contributed by atoms with E-state index in [9.17, 15) is 4.79 Å². The van der Waals surface area contributed by atoms with Gasteiger partial charge in [-0.1, -0.05) is 19.3 Å². The third kappa shape index (κ3) is 3.35. The van der Waals surface area contributed by atoms with Crippen LogP contribution in [0.5, 0.6) is 5.75 Å². The Hall–Kier alpha value is -1.35. The van der Waals surface area contributed by atoms with E-state index in [1.54, 1.807) is 7.11 Å². The van der Waals surface area contributed by atoms with Crippen molar-refractivity contribution in [3.63, 3.8) is 0 Å². The summed E-state index contributed by atoms with van der Waals surface area (Å²) in [7, 11) is 1.66. The van der Waals surface area contributed by atoms with Gasteiger partial charge in [0.1, 0.15) is 5.75 Å². The molecule has 2 aliphatic rings.